The van der Waals surface area contributed by atoms with Crippen molar-refractivity contribution in [3.05, 3.63) is 0 Å². The fourth-order valence-corrected chi connectivity index (χ4v) is 1.55. The zero-order valence-electron chi connectivity index (χ0n) is 7.35. The molecule has 66 valence electrons. The molecule has 11 heavy (non-hydrogen) atoms. The van der Waals surface area contributed by atoms with Gasteiger partial charge in [-0.25, -0.2) is 4.39 Å². The Morgan fingerprint density at radius 1 is 1.27 bits per heavy atom. The maximum atomic E-state index is 13.1. The summed E-state index contributed by atoms with van der Waals surface area (Å²) in [6, 6.07) is 0. The molecule has 0 saturated heterocycles. The highest BCUT2D eigenvalue weighted by Crippen LogP contribution is 2.24. The molecule has 0 aliphatic heterocycles. The smallest absolute Gasteiger partial charge is 0.126 e. The molecule has 0 bridgehead atoms. The Kier molecular flexibility index (Phi) is 3.31. The van der Waals surface area contributed by atoms with Gasteiger partial charge in [-0.2, -0.15) is 0 Å². The topological polar surface area (TPSA) is 9.23 Å². The molecule has 1 fully saturated rings. The molecule has 0 aromatic heterocycles. The molecule has 0 aromatic carbocycles. The van der Waals surface area contributed by atoms with Crippen molar-refractivity contribution < 1.29 is 9.13 Å². The highest BCUT2D eigenvalue weighted by Gasteiger charge is 2.25. The molecule has 0 amide bonds. The summed E-state index contributed by atoms with van der Waals surface area (Å²) in [5.41, 5.74) is 0. The van der Waals surface area contributed by atoms with Crippen molar-refractivity contribution >= 4 is 0 Å². The van der Waals surface area contributed by atoms with Crippen molar-refractivity contribution in [1.82, 2.24) is 0 Å². The van der Waals surface area contributed by atoms with Crippen LogP contribution in [0.1, 0.15) is 39.5 Å². The molecule has 0 N–H and O–H groups in total. The Bertz CT molecular complexity index is 114. The van der Waals surface area contributed by atoms with E-state index in [9.17, 15) is 4.39 Å². The van der Waals surface area contributed by atoms with Crippen molar-refractivity contribution in [2.45, 2.75) is 57.9 Å². The van der Waals surface area contributed by atoms with Crippen LogP contribution >= 0.6 is 0 Å². The SMILES string of the molecule is CC(C)OC1CCCCC1F. The van der Waals surface area contributed by atoms with Gasteiger partial charge in [0.2, 0.25) is 0 Å². The molecule has 0 aromatic rings. The standard InChI is InChI=1S/C9H17FO/c1-7(2)11-9-6-4-3-5-8(9)10/h7-9H,3-6H2,1-2H3. The first-order chi connectivity index (χ1) is 5.20. The molecule has 2 unspecified atom stereocenters. The number of hydrogen-bond acceptors (Lipinski definition) is 1. The third-order valence-electron chi connectivity index (χ3n) is 2.07. The largest absolute Gasteiger partial charge is 0.373 e. The molecular weight excluding hydrogens is 143 g/mol. The quantitative estimate of drug-likeness (QED) is 0.603. The molecule has 2 atom stereocenters. The van der Waals surface area contributed by atoms with Crippen molar-refractivity contribution in [1.29, 1.82) is 0 Å². The van der Waals surface area contributed by atoms with E-state index < -0.39 is 6.17 Å². The molecule has 1 nitrogen and oxygen atoms in total. The predicted molar refractivity (Wildman–Crippen MR) is 43.4 cm³/mol. The van der Waals surface area contributed by atoms with Gasteiger partial charge in [-0.1, -0.05) is 12.8 Å². The van der Waals surface area contributed by atoms with E-state index in [1.807, 2.05) is 13.8 Å². The summed E-state index contributed by atoms with van der Waals surface area (Å²) in [6.45, 7) is 3.92. The van der Waals surface area contributed by atoms with Gasteiger partial charge < -0.3 is 4.74 Å². The first-order valence-electron chi connectivity index (χ1n) is 4.49. The van der Waals surface area contributed by atoms with Gasteiger partial charge in [0, 0.05) is 0 Å². The summed E-state index contributed by atoms with van der Waals surface area (Å²) in [4.78, 5) is 0. The van der Waals surface area contributed by atoms with Gasteiger partial charge in [-0.3, -0.25) is 0 Å². The van der Waals surface area contributed by atoms with E-state index in [1.54, 1.807) is 0 Å². The zero-order valence-corrected chi connectivity index (χ0v) is 7.35. The first-order valence-corrected chi connectivity index (χ1v) is 4.49. The van der Waals surface area contributed by atoms with Gasteiger partial charge in [0.25, 0.3) is 0 Å². The van der Waals surface area contributed by atoms with Crippen LogP contribution in [0.15, 0.2) is 0 Å². The van der Waals surface area contributed by atoms with E-state index in [0.29, 0.717) is 6.42 Å². The van der Waals surface area contributed by atoms with Crippen molar-refractivity contribution in [3.8, 4) is 0 Å². The molecule has 0 spiro atoms. The van der Waals surface area contributed by atoms with Crippen LogP contribution in [0.25, 0.3) is 0 Å². The lowest BCUT2D eigenvalue weighted by Crippen LogP contribution is -2.31. The first kappa shape index (κ1) is 8.98. The van der Waals surface area contributed by atoms with Crippen molar-refractivity contribution in [2.75, 3.05) is 0 Å². The fourth-order valence-electron chi connectivity index (χ4n) is 1.55. The van der Waals surface area contributed by atoms with E-state index in [2.05, 4.69) is 0 Å². The molecule has 1 saturated carbocycles. The van der Waals surface area contributed by atoms with Crippen LogP contribution in [0.3, 0.4) is 0 Å². The van der Waals surface area contributed by atoms with Gasteiger partial charge in [0.1, 0.15) is 6.17 Å². The highest BCUT2D eigenvalue weighted by molar-refractivity contribution is 4.75. The molecular formula is C9H17FO. The van der Waals surface area contributed by atoms with Gasteiger partial charge in [-0.05, 0) is 26.7 Å². The van der Waals surface area contributed by atoms with Crippen LogP contribution in [0.2, 0.25) is 0 Å². The molecule has 2 heteroatoms. The summed E-state index contributed by atoms with van der Waals surface area (Å²) >= 11 is 0. The molecule has 0 heterocycles. The Balaban J connectivity index is 2.29. The van der Waals surface area contributed by atoms with Crippen LogP contribution < -0.4 is 0 Å². The third-order valence-corrected chi connectivity index (χ3v) is 2.07. The minimum Gasteiger partial charge on any atom is -0.373 e. The molecule has 1 aliphatic carbocycles. The monoisotopic (exact) mass is 160 g/mol. The Hall–Kier alpha value is -0.110. The highest BCUT2D eigenvalue weighted by atomic mass is 19.1. The Labute approximate surface area is 67.9 Å². The average molecular weight is 160 g/mol. The zero-order chi connectivity index (χ0) is 8.27. The van der Waals surface area contributed by atoms with Gasteiger partial charge in [0.05, 0.1) is 12.2 Å². The second kappa shape index (κ2) is 4.05. The lowest BCUT2D eigenvalue weighted by molar-refractivity contribution is -0.0548. The summed E-state index contributed by atoms with van der Waals surface area (Å²) in [5, 5.41) is 0. The second-order valence-corrected chi connectivity index (χ2v) is 3.52. The van der Waals surface area contributed by atoms with E-state index in [0.717, 1.165) is 19.3 Å². The lowest BCUT2D eigenvalue weighted by atomic mass is 9.96. The van der Waals surface area contributed by atoms with Gasteiger partial charge >= 0.3 is 0 Å². The Morgan fingerprint density at radius 2 is 1.91 bits per heavy atom. The fraction of sp³-hybridized carbons (Fsp3) is 1.00. The van der Waals surface area contributed by atoms with Crippen LogP contribution in [0, 0.1) is 0 Å². The molecule has 1 rings (SSSR count). The van der Waals surface area contributed by atoms with E-state index in [-0.39, 0.29) is 12.2 Å². The van der Waals surface area contributed by atoms with Crippen molar-refractivity contribution in [3.63, 3.8) is 0 Å². The maximum absolute atomic E-state index is 13.1. The summed E-state index contributed by atoms with van der Waals surface area (Å²) in [7, 11) is 0. The molecule has 1 aliphatic rings. The summed E-state index contributed by atoms with van der Waals surface area (Å²) in [5.74, 6) is 0. The Morgan fingerprint density at radius 3 is 2.45 bits per heavy atom. The lowest BCUT2D eigenvalue weighted by Gasteiger charge is -2.27. The number of rotatable bonds is 2. The summed E-state index contributed by atoms with van der Waals surface area (Å²) in [6.07, 6.45) is 3.07. The second-order valence-electron chi connectivity index (χ2n) is 3.52. The molecule has 0 radical (unpaired) electrons. The van der Waals surface area contributed by atoms with Gasteiger partial charge in [-0.15, -0.1) is 0 Å². The summed E-state index contributed by atoms with van der Waals surface area (Å²) < 4.78 is 18.5. The predicted octanol–water partition coefficient (Wildman–Crippen LogP) is 2.69. The van der Waals surface area contributed by atoms with E-state index in [1.165, 1.54) is 0 Å². The van der Waals surface area contributed by atoms with Crippen LogP contribution in [-0.4, -0.2) is 18.4 Å². The van der Waals surface area contributed by atoms with E-state index >= 15 is 0 Å². The van der Waals surface area contributed by atoms with Crippen molar-refractivity contribution in [2.24, 2.45) is 0 Å². The van der Waals surface area contributed by atoms with Crippen LogP contribution in [0.5, 0.6) is 0 Å². The number of hydrogen-bond donors (Lipinski definition) is 0. The third kappa shape index (κ3) is 2.78. The van der Waals surface area contributed by atoms with Gasteiger partial charge in [0.15, 0.2) is 0 Å². The van der Waals surface area contributed by atoms with E-state index in [4.69, 9.17) is 4.74 Å². The number of halogens is 1. The average Bonchev–Trinajstić information content (AvgIpc) is 1.93. The number of ether oxygens (including phenoxy) is 1. The minimum absolute atomic E-state index is 0.122. The normalized spacial score (nSPS) is 32.7. The maximum Gasteiger partial charge on any atom is 0.126 e. The van der Waals surface area contributed by atoms with Crippen LogP contribution in [0.4, 0.5) is 4.39 Å². The number of alkyl halides is 1. The minimum atomic E-state index is -0.717. The van der Waals surface area contributed by atoms with Crippen LogP contribution in [-0.2, 0) is 4.74 Å².